The molecule has 0 aliphatic heterocycles. The summed E-state index contributed by atoms with van der Waals surface area (Å²) in [6, 6.07) is 17.6. The van der Waals surface area contributed by atoms with Crippen LogP contribution in [0.5, 0.6) is 11.5 Å². The Kier molecular flexibility index (Phi) is 8.32. The summed E-state index contributed by atoms with van der Waals surface area (Å²) in [5.41, 5.74) is 7.65. The maximum atomic E-state index is 12.6. The Morgan fingerprint density at radius 3 is 2.50 bits per heavy atom. The van der Waals surface area contributed by atoms with Gasteiger partial charge in [-0.1, -0.05) is 36.0 Å². The van der Waals surface area contributed by atoms with Crippen LogP contribution >= 0.6 is 11.8 Å². The number of nitrogens with zero attached hydrogens (tertiary/aromatic N) is 2. The highest BCUT2D eigenvalue weighted by molar-refractivity contribution is 8.00. The van der Waals surface area contributed by atoms with Gasteiger partial charge in [0.05, 0.1) is 31.1 Å². The zero-order valence-electron chi connectivity index (χ0n) is 18.6. The number of benzene rings is 2. The molecule has 10 heteroatoms. The number of hydrogen-bond acceptors (Lipinski definition) is 8. The van der Waals surface area contributed by atoms with Crippen LogP contribution in [0.3, 0.4) is 0 Å². The van der Waals surface area contributed by atoms with E-state index in [-0.39, 0.29) is 33.6 Å². The average molecular weight is 478 g/mol. The van der Waals surface area contributed by atoms with Crippen molar-refractivity contribution in [2.45, 2.75) is 11.6 Å². The van der Waals surface area contributed by atoms with Crippen LogP contribution in [0.15, 0.2) is 59.6 Å². The summed E-state index contributed by atoms with van der Waals surface area (Å²) in [7, 11) is 3.09. The number of nitrogen functional groups attached to an aromatic ring is 1. The van der Waals surface area contributed by atoms with E-state index in [0.717, 1.165) is 17.3 Å². The Balaban J connectivity index is 1.62. The summed E-state index contributed by atoms with van der Waals surface area (Å²) in [6.45, 7) is 0.291. The summed E-state index contributed by atoms with van der Waals surface area (Å²) in [5.74, 6) is 0.428. The van der Waals surface area contributed by atoms with Crippen molar-refractivity contribution in [3.8, 4) is 17.6 Å². The fraction of sp³-hybridized carbons (Fsp3) is 0.167. The summed E-state index contributed by atoms with van der Waals surface area (Å²) in [6.07, 6.45) is 0. The number of carbonyl (C=O) groups excluding carboxylic acids is 2. The number of thioether (sulfide) groups is 1. The number of rotatable bonds is 9. The number of para-hydroxylation sites is 1. The molecular formula is C24H23N5O4S. The third-order valence-corrected chi connectivity index (χ3v) is 5.68. The molecule has 0 fully saturated rings. The van der Waals surface area contributed by atoms with Gasteiger partial charge in [0.25, 0.3) is 5.91 Å². The van der Waals surface area contributed by atoms with E-state index in [0.29, 0.717) is 23.7 Å². The molecule has 1 heterocycles. The van der Waals surface area contributed by atoms with Crippen molar-refractivity contribution >= 4 is 35.1 Å². The van der Waals surface area contributed by atoms with Gasteiger partial charge in [0.1, 0.15) is 16.9 Å². The number of amides is 2. The lowest BCUT2D eigenvalue weighted by Gasteiger charge is -2.11. The number of pyridine rings is 1. The van der Waals surface area contributed by atoms with Crippen molar-refractivity contribution in [1.82, 2.24) is 10.3 Å². The summed E-state index contributed by atoms with van der Waals surface area (Å²) >= 11 is 1.07. The number of hydrogen-bond donors (Lipinski definition) is 3. The van der Waals surface area contributed by atoms with Gasteiger partial charge in [-0.05, 0) is 35.9 Å². The van der Waals surface area contributed by atoms with Crippen LogP contribution in [0.25, 0.3) is 0 Å². The molecule has 9 nitrogen and oxygen atoms in total. The number of ether oxygens (including phenoxy) is 2. The van der Waals surface area contributed by atoms with Gasteiger partial charge >= 0.3 is 0 Å². The molecule has 0 radical (unpaired) electrons. The summed E-state index contributed by atoms with van der Waals surface area (Å²) < 4.78 is 10.5. The van der Waals surface area contributed by atoms with Gasteiger partial charge in [-0.3, -0.25) is 9.59 Å². The first kappa shape index (κ1) is 24.4. The molecular weight excluding hydrogens is 454 g/mol. The Morgan fingerprint density at radius 2 is 1.82 bits per heavy atom. The van der Waals surface area contributed by atoms with Crippen molar-refractivity contribution in [1.29, 1.82) is 5.26 Å². The van der Waals surface area contributed by atoms with Gasteiger partial charge in [-0.25, -0.2) is 4.98 Å². The first-order valence-electron chi connectivity index (χ1n) is 10.1. The highest BCUT2D eigenvalue weighted by Crippen LogP contribution is 2.28. The first-order chi connectivity index (χ1) is 16.4. The summed E-state index contributed by atoms with van der Waals surface area (Å²) in [5, 5.41) is 15.3. The number of anilines is 2. The molecule has 0 aliphatic rings. The van der Waals surface area contributed by atoms with Crippen LogP contribution in [-0.2, 0) is 11.3 Å². The van der Waals surface area contributed by atoms with Crippen LogP contribution in [0.1, 0.15) is 21.5 Å². The van der Waals surface area contributed by atoms with E-state index in [4.69, 9.17) is 15.2 Å². The monoisotopic (exact) mass is 477 g/mol. The topological polar surface area (TPSA) is 139 Å². The minimum Gasteiger partial charge on any atom is -0.493 e. The van der Waals surface area contributed by atoms with Crippen molar-refractivity contribution in [3.63, 3.8) is 0 Å². The van der Waals surface area contributed by atoms with Crippen molar-refractivity contribution in [2.75, 3.05) is 31.0 Å². The quantitative estimate of drug-likeness (QED) is 0.399. The maximum absolute atomic E-state index is 12.6. The molecule has 0 saturated heterocycles. The van der Waals surface area contributed by atoms with E-state index in [9.17, 15) is 14.9 Å². The predicted octanol–water partition coefficient (Wildman–Crippen LogP) is 3.21. The number of carbonyl (C=O) groups is 2. The number of nitrogens with one attached hydrogen (secondary N) is 2. The van der Waals surface area contributed by atoms with Gasteiger partial charge in [0.15, 0.2) is 11.5 Å². The third kappa shape index (κ3) is 6.17. The predicted molar refractivity (Wildman–Crippen MR) is 130 cm³/mol. The van der Waals surface area contributed by atoms with Crippen molar-refractivity contribution < 1.29 is 19.1 Å². The molecule has 0 spiro atoms. The zero-order chi connectivity index (χ0) is 24.5. The minimum atomic E-state index is -0.475. The van der Waals surface area contributed by atoms with E-state index in [1.54, 1.807) is 50.6 Å². The van der Waals surface area contributed by atoms with Crippen LogP contribution in [0, 0.1) is 11.3 Å². The molecule has 2 amide bonds. The van der Waals surface area contributed by atoms with E-state index in [1.807, 2.05) is 18.2 Å². The lowest BCUT2D eigenvalue weighted by atomic mass is 10.2. The number of nitriles is 1. The second-order valence-electron chi connectivity index (χ2n) is 6.96. The van der Waals surface area contributed by atoms with E-state index < -0.39 is 5.91 Å². The van der Waals surface area contributed by atoms with Crippen LogP contribution < -0.4 is 25.8 Å². The van der Waals surface area contributed by atoms with Gasteiger partial charge < -0.3 is 25.8 Å². The molecule has 0 bridgehead atoms. The van der Waals surface area contributed by atoms with Crippen LogP contribution in [-0.4, -0.2) is 36.8 Å². The lowest BCUT2D eigenvalue weighted by molar-refractivity contribution is -0.118. The van der Waals surface area contributed by atoms with Gasteiger partial charge in [0.2, 0.25) is 5.91 Å². The smallest absolute Gasteiger partial charge is 0.259 e. The molecule has 0 saturated carbocycles. The Labute approximate surface area is 201 Å². The molecule has 0 atom stereocenters. The van der Waals surface area contributed by atoms with E-state index in [2.05, 4.69) is 15.6 Å². The van der Waals surface area contributed by atoms with Crippen molar-refractivity contribution in [3.05, 3.63) is 71.3 Å². The largest absolute Gasteiger partial charge is 0.493 e. The third-order valence-electron chi connectivity index (χ3n) is 4.69. The number of methoxy groups -OCH3 is 2. The van der Waals surface area contributed by atoms with Gasteiger partial charge in [-0.15, -0.1) is 0 Å². The molecule has 4 N–H and O–H groups in total. The average Bonchev–Trinajstić information content (AvgIpc) is 2.86. The van der Waals surface area contributed by atoms with E-state index >= 15 is 0 Å². The standard InChI is InChI=1S/C24H23N5O4S/c1-32-19-9-8-15(10-20(19)33-2)13-27-21(30)14-34-24-16(12-25)11-18(22(26)29-24)23(31)28-17-6-4-3-5-7-17/h3-11H,13-14H2,1-2H3,(H2,26,29)(H,27,30)(H,28,31). The molecule has 1 aromatic heterocycles. The molecule has 0 aliphatic carbocycles. The van der Waals surface area contributed by atoms with Crippen molar-refractivity contribution in [2.24, 2.45) is 0 Å². The molecule has 2 aromatic carbocycles. The molecule has 174 valence electrons. The van der Waals surface area contributed by atoms with E-state index in [1.165, 1.54) is 6.07 Å². The molecule has 34 heavy (non-hydrogen) atoms. The SMILES string of the molecule is COc1ccc(CNC(=O)CSc2nc(N)c(C(=O)Nc3ccccc3)cc2C#N)cc1OC. The van der Waals surface area contributed by atoms with Crippen LogP contribution in [0.2, 0.25) is 0 Å². The van der Waals surface area contributed by atoms with Gasteiger partial charge in [0, 0.05) is 12.2 Å². The molecule has 0 unspecified atom stereocenters. The second kappa shape index (κ2) is 11.6. The molecule has 3 aromatic rings. The fourth-order valence-corrected chi connectivity index (χ4v) is 3.77. The highest BCUT2D eigenvalue weighted by Gasteiger charge is 2.17. The lowest BCUT2D eigenvalue weighted by Crippen LogP contribution is -2.24. The summed E-state index contributed by atoms with van der Waals surface area (Å²) in [4.78, 5) is 29.1. The maximum Gasteiger partial charge on any atom is 0.259 e. The second-order valence-corrected chi connectivity index (χ2v) is 7.92. The fourth-order valence-electron chi connectivity index (χ4n) is 2.98. The van der Waals surface area contributed by atoms with Crippen LogP contribution in [0.4, 0.5) is 11.5 Å². The Bertz CT molecular complexity index is 1230. The molecule has 3 rings (SSSR count). The number of aromatic nitrogens is 1. The first-order valence-corrected chi connectivity index (χ1v) is 11.1. The minimum absolute atomic E-state index is 0.0178. The van der Waals surface area contributed by atoms with Gasteiger partial charge in [-0.2, -0.15) is 5.26 Å². The highest BCUT2D eigenvalue weighted by atomic mass is 32.2. The Morgan fingerprint density at radius 1 is 1.09 bits per heavy atom. The Hall–Kier alpha value is -4.23. The zero-order valence-corrected chi connectivity index (χ0v) is 19.4. The number of nitrogens with two attached hydrogens (primary N) is 1. The normalized spacial score (nSPS) is 10.1.